The van der Waals surface area contributed by atoms with E-state index in [0.717, 1.165) is 12.1 Å². The number of nitrogens with zero attached hydrogens (tertiary/aromatic N) is 1. The molecule has 2 N–H and O–H groups in total. The van der Waals surface area contributed by atoms with Crippen molar-refractivity contribution in [3.63, 3.8) is 0 Å². The van der Waals surface area contributed by atoms with Crippen LogP contribution in [0.3, 0.4) is 0 Å². The largest absolute Gasteiger partial charge is 0.507 e. The molecule has 1 unspecified atom stereocenters. The van der Waals surface area contributed by atoms with Gasteiger partial charge in [-0.1, -0.05) is 6.92 Å². The number of carbonyl (C=O) groups excluding carboxylic acids is 1. The van der Waals surface area contributed by atoms with Gasteiger partial charge in [-0.15, -0.1) is 0 Å². The lowest BCUT2D eigenvalue weighted by molar-refractivity contribution is -0.122. The Morgan fingerprint density at radius 1 is 1.61 bits per heavy atom. The quantitative estimate of drug-likeness (QED) is 0.631. The number of aliphatic hydroxyl groups is 2. The molecule has 1 aromatic rings. The second-order valence-electron chi connectivity index (χ2n) is 3.66. The summed E-state index contributed by atoms with van der Waals surface area (Å²) in [5.74, 6) is -1.88. The third-order valence-corrected chi connectivity index (χ3v) is 2.38. The van der Waals surface area contributed by atoms with Gasteiger partial charge in [0.15, 0.2) is 5.78 Å². The Morgan fingerprint density at radius 2 is 2.28 bits per heavy atom. The fraction of sp³-hybridized carbons (Fsp3) is 0.231. The zero-order valence-corrected chi connectivity index (χ0v) is 9.72. The summed E-state index contributed by atoms with van der Waals surface area (Å²) in [6.45, 7) is 1.62. The van der Waals surface area contributed by atoms with Crippen LogP contribution in [0, 0.1) is 17.1 Å². The van der Waals surface area contributed by atoms with Crippen molar-refractivity contribution in [3.05, 3.63) is 41.2 Å². The van der Waals surface area contributed by atoms with E-state index in [2.05, 4.69) is 0 Å². The maximum absolute atomic E-state index is 13.3. The highest BCUT2D eigenvalue weighted by Gasteiger charge is 2.12. The molecule has 0 aliphatic carbocycles. The van der Waals surface area contributed by atoms with Gasteiger partial charge in [-0.3, -0.25) is 4.79 Å². The summed E-state index contributed by atoms with van der Waals surface area (Å²) in [4.78, 5) is 11.3. The molecule has 94 valence electrons. The summed E-state index contributed by atoms with van der Waals surface area (Å²) in [5, 5.41) is 27.4. The SMILES string of the molecule is CCC(O)C(=O)C=C(O)c1ccc(C#N)c(F)c1. The summed E-state index contributed by atoms with van der Waals surface area (Å²) in [6.07, 6.45) is -0.116. The molecule has 18 heavy (non-hydrogen) atoms. The highest BCUT2D eigenvalue weighted by Crippen LogP contribution is 2.16. The van der Waals surface area contributed by atoms with E-state index in [1.54, 1.807) is 13.0 Å². The molecule has 1 atom stereocenters. The van der Waals surface area contributed by atoms with Crippen LogP contribution >= 0.6 is 0 Å². The average molecular weight is 249 g/mol. The van der Waals surface area contributed by atoms with E-state index in [1.807, 2.05) is 0 Å². The van der Waals surface area contributed by atoms with Crippen LogP contribution in [0.25, 0.3) is 5.76 Å². The van der Waals surface area contributed by atoms with E-state index in [9.17, 15) is 19.4 Å². The van der Waals surface area contributed by atoms with Crippen LogP contribution in [-0.4, -0.2) is 22.1 Å². The fourth-order valence-electron chi connectivity index (χ4n) is 1.28. The van der Waals surface area contributed by atoms with Crippen molar-refractivity contribution in [3.8, 4) is 6.07 Å². The molecule has 1 aromatic carbocycles. The van der Waals surface area contributed by atoms with Crippen molar-refractivity contribution >= 4 is 11.5 Å². The summed E-state index contributed by atoms with van der Waals surface area (Å²) in [6, 6.07) is 5.12. The zero-order valence-electron chi connectivity index (χ0n) is 9.72. The lowest BCUT2D eigenvalue weighted by atomic mass is 10.1. The number of halogens is 1. The summed E-state index contributed by atoms with van der Waals surface area (Å²) < 4.78 is 13.3. The van der Waals surface area contributed by atoms with Gasteiger partial charge in [0.2, 0.25) is 0 Å². The van der Waals surface area contributed by atoms with Gasteiger partial charge < -0.3 is 10.2 Å². The monoisotopic (exact) mass is 249 g/mol. The van der Waals surface area contributed by atoms with Crippen molar-refractivity contribution in [2.45, 2.75) is 19.4 Å². The van der Waals surface area contributed by atoms with Gasteiger partial charge in [0.25, 0.3) is 0 Å². The Bertz CT molecular complexity index is 532. The van der Waals surface area contributed by atoms with Crippen molar-refractivity contribution in [2.75, 3.05) is 0 Å². The molecule has 4 nitrogen and oxygen atoms in total. The van der Waals surface area contributed by atoms with Crippen LogP contribution in [0.5, 0.6) is 0 Å². The minimum atomic E-state index is -1.18. The van der Waals surface area contributed by atoms with Gasteiger partial charge >= 0.3 is 0 Å². The predicted octanol–water partition coefficient (Wildman–Crippen LogP) is 1.94. The Balaban J connectivity index is 3.01. The minimum absolute atomic E-state index is 0.0724. The number of rotatable bonds is 4. The molecule has 0 aliphatic rings. The normalized spacial score (nSPS) is 12.9. The van der Waals surface area contributed by atoms with Crippen molar-refractivity contribution < 1.29 is 19.4 Å². The summed E-state index contributed by atoms with van der Waals surface area (Å²) >= 11 is 0. The third-order valence-electron chi connectivity index (χ3n) is 2.38. The number of hydrogen-bond donors (Lipinski definition) is 2. The lowest BCUT2D eigenvalue weighted by Crippen LogP contribution is -2.16. The van der Waals surface area contributed by atoms with Gasteiger partial charge in [0, 0.05) is 11.6 Å². The molecule has 0 spiro atoms. The first-order chi connectivity index (χ1) is 8.49. The third kappa shape index (κ3) is 3.15. The second kappa shape index (κ2) is 5.94. The Hall–Kier alpha value is -2.19. The van der Waals surface area contributed by atoms with E-state index in [4.69, 9.17) is 5.26 Å². The molecule has 0 radical (unpaired) electrons. The Morgan fingerprint density at radius 3 is 2.78 bits per heavy atom. The Kier molecular flexibility index (Phi) is 4.58. The molecule has 0 saturated carbocycles. The number of nitriles is 1. The molecule has 5 heteroatoms. The van der Waals surface area contributed by atoms with Crippen LogP contribution < -0.4 is 0 Å². The molecule has 0 heterocycles. The number of aliphatic hydroxyl groups excluding tert-OH is 2. The van der Waals surface area contributed by atoms with Gasteiger partial charge in [0.05, 0.1) is 5.56 Å². The van der Waals surface area contributed by atoms with Crippen LogP contribution in [0.15, 0.2) is 24.3 Å². The van der Waals surface area contributed by atoms with Gasteiger partial charge in [-0.25, -0.2) is 4.39 Å². The van der Waals surface area contributed by atoms with Crippen molar-refractivity contribution in [1.29, 1.82) is 5.26 Å². The van der Waals surface area contributed by atoms with Gasteiger partial charge in [-0.2, -0.15) is 5.26 Å². The first kappa shape index (κ1) is 13.9. The van der Waals surface area contributed by atoms with E-state index in [-0.39, 0.29) is 17.5 Å². The van der Waals surface area contributed by atoms with Crippen LogP contribution in [-0.2, 0) is 4.79 Å². The van der Waals surface area contributed by atoms with Gasteiger partial charge in [-0.05, 0) is 24.6 Å². The highest BCUT2D eigenvalue weighted by atomic mass is 19.1. The smallest absolute Gasteiger partial charge is 0.187 e. The molecule has 0 aromatic heterocycles. The first-order valence-corrected chi connectivity index (χ1v) is 5.32. The van der Waals surface area contributed by atoms with E-state index in [0.29, 0.717) is 0 Å². The first-order valence-electron chi connectivity index (χ1n) is 5.32. The van der Waals surface area contributed by atoms with Crippen LogP contribution in [0.1, 0.15) is 24.5 Å². The van der Waals surface area contributed by atoms with Crippen molar-refractivity contribution in [1.82, 2.24) is 0 Å². The molecule has 0 saturated heterocycles. The molecule has 0 aliphatic heterocycles. The predicted molar refractivity (Wildman–Crippen MR) is 63.0 cm³/mol. The molecule has 0 bridgehead atoms. The second-order valence-corrected chi connectivity index (χ2v) is 3.66. The van der Waals surface area contributed by atoms with Crippen LogP contribution in [0.2, 0.25) is 0 Å². The maximum Gasteiger partial charge on any atom is 0.187 e. The Labute approximate surface area is 104 Å². The van der Waals surface area contributed by atoms with E-state index >= 15 is 0 Å². The van der Waals surface area contributed by atoms with E-state index in [1.165, 1.54) is 12.1 Å². The summed E-state index contributed by atoms with van der Waals surface area (Å²) in [7, 11) is 0. The fourth-order valence-corrected chi connectivity index (χ4v) is 1.28. The molecular formula is C13H12FNO3. The zero-order chi connectivity index (χ0) is 13.7. The number of ketones is 1. The molecule has 1 rings (SSSR count). The summed E-state index contributed by atoms with van der Waals surface area (Å²) in [5.41, 5.74) is -0.0744. The molecule has 0 fully saturated rings. The standard InChI is InChI=1S/C13H12FNO3/c1-2-11(16)13(18)6-12(17)8-3-4-9(7-15)10(14)5-8/h3-6,11,16-17H,2H2,1H3. The number of benzene rings is 1. The highest BCUT2D eigenvalue weighted by molar-refractivity contribution is 5.98. The van der Waals surface area contributed by atoms with Gasteiger partial charge in [0.1, 0.15) is 23.7 Å². The van der Waals surface area contributed by atoms with Crippen molar-refractivity contribution in [2.24, 2.45) is 0 Å². The average Bonchev–Trinajstić information content (AvgIpc) is 2.37. The topological polar surface area (TPSA) is 81.3 Å². The minimum Gasteiger partial charge on any atom is -0.507 e. The maximum atomic E-state index is 13.3. The number of carbonyl (C=O) groups is 1. The van der Waals surface area contributed by atoms with E-state index < -0.39 is 23.5 Å². The molecule has 0 amide bonds. The number of hydrogen-bond acceptors (Lipinski definition) is 4. The van der Waals surface area contributed by atoms with Crippen LogP contribution in [0.4, 0.5) is 4.39 Å². The molecular weight excluding hydrogens is 237 g/mol. The lowest BCUT2D eigenvalue weighted by Gasteiger charge is -2.04.